The van der Waals surface area contributed by atoms with E-state index in [1.165, 1.54) is 11.1 Å². The molecule has 2 aliphatic rings. The Labute approximate surface area is 202 Å². The van der Waals surface area contributed by atoms with E-state index in [9.17, 15) is 0 Å². The Kier molecular flexibility index (Phi) is 11.8. The molecule has 8 heteroatoms. The average molecular weight is 587 g/mol. The van der Waals surface area contributed by atoms with Crippen molar-refractivity contribution in [3.63, 3.8) is 0 Å². The van der Waals surface area contributed by atoms with Gasteiger partial charge in [-0.3, -0.25) is 0 Å². The van der Waals surface area contributed by atoms with Gasteiger partial charge in [-0.05, 0) is 0 Å². The van der Waals surface area contributed by atoms with Gasteiger partial charge in [-0.2, -0.15) is 0 Å². The molecule has 0 amide bonds. The first-order valence-electron chi connectivity index (χ1n) is 10.8. The van der Waals surface area contributed by atoms with Crippen LogP contribution >= 0.6 is 24.8 Å². The Morgan fingerprint density at radius 2 is 1.10 bits per heavy atom. The van der Waals surface area contributed by atoms with Crippen LogP contribution in [0, 0.1) is 0 Å². The number of allylic oxidation sites excluding steroid dienone is 6. The van der Waals surface area contributed by atoms with Crippen molar-refractivity contribution in [2.24, 2.45) is 0 Å². The average Bonchev–Trinajstić information content (AvgIpc) is 3.14. The van der Waals surface area contributed by atoms with Crippen molar-refractivity contribution in [2.75, 3.05) is 13.2 Å². The third kappa shape index (κ3) is 9.47. The van der Waals surface area contributed by atoms with Crippen LogP contribution in [-0.4, -0.2) is 36.7 Å². The van der Waals surface area contributed by atoms with Crippen LogP contribution in [0.15, 0.2) is 42.0 Å². The topological polar surface area (TPSA) is 18.5 Å². The zero-order valence-electron chi connectivity index (χ0n) is 20.4. The van der Waals surface area contributed by atoms with Gasteiger partial charge in [-0.1, -0.05) is 0 Å². The molecule has 0 aliphatic heterocycles. The normalized spacial score (nSPS) is 17.5. The maximum absolute atomic E-state index is 6.07. The van der Waals surface area contributed by atoms with E-state index in [0.29, 0.717) is 0 Å². The molecule has 2 aliphatic carbocycles. The van der Waals surface area contributed by atoms with Crippen LogP contribution < -0.4 is 0 Å². The van der Waals surface area contributed by atoms with Gasteiger partial charge in [-0.25, -0.2) is 0 Å². The molecule has 0 saturated heterocycles. The number of hydrogen-bond donors (Lipinski definition) is 0. The summed E-state index contributed by atoms with van der Waals surface area (Å²) in [7, 11) is -2.81. The van der Waals surface area contributed by atoms with Gasteiger partial charge in [0.15, 0.2) is 0 Å². The molecule has 0 aromatic rings. The predicted octanol–water partition coefficient (Wildman–Crippen LogP) is 7.08. The molecule has 0 atom stereocenters. The first-order valence-corrected chi connectivity index (χ1v) is 30.9. The third-order valence-electron chi connectivity index (χ3n) is 5.80. The molecule has 0 fully saturated rings. The van der Waals surface area contributed by atoms with Gasteiger partial charge in [0.05, 0.1) is 0 Å². The molecule has 0 radical (unpaired) electrons. The molecular weight excluding hydrogens is 543 g/mol. The summed E-state index contributed by atoms with van der Waals surface area (Å²) in [5.41, 5.74) is 3.00. The largest absolute Gasteiger partial charge is 0.147 e. The van der Waals surface area contributed by atoms with E-state index in [1.54, 1.807) is 6.56 Å². The maximum Gasteiger partial charge on any atom is -0.147 e. The Hall–Kier alpha value is 0.994. The van der Waals surface area contributed by atoms with Crippen molar-refractivity contribution in [3.05, 3.63) is 42.0 Å². The van der Waals surface area contributed by atoms with Crippen LogP contribution in [0.25, 0.3) is 0 Å². The standard InChI is InChI=1S/2C10H17OSi.2CH3.2ClH.H2Si.Zr/c2*1-12(2,3)11-9-8-10-6-4-5-7-10;;;;;;/h2*6-7H,4,8-9H2,1-3H3;2*1H3;2*1H;1H2;. The fourth-order valence-corrected chi connectivity index (χ4v) is 16.1. The summed E-state index contributed by atoms with van der Waals surface area (Å²) < 4.78 is 20.9. The summed E-state index contributed by atoms with van der Waals surface area (Å²) in [6, 6.07) is 0. The van der Waals surface area contributed by atoms with E-state index in [0.717, 1.165) is 38.9 Å². The van der Waals surface area contributed by atoms with Crippen LogP contribution in [0.3, 0.4) is 0 Å². The summed E-state index contributed by atoms with van der Waals surface area (Å²) in [6.07, 6.45) is 14.5. The van der Waals surface area contributed by atoms with E-state index < -0.39 is 34.0 Å². The third-order valence-corrected chi connectivity index (χ3v) is 25.2. The van der Waals surface area contributed by atoms with Gasteiger partial charge in [0.1, 0.15) is 0 Å². The minimum atomic E-state index is -3.00. The summed E-state index contributed by atoms with van der Waals surface area (Å²) in [4.78, 5) is 0. The number of rotatable bonds is 10. The smallest absolute Gasteiger partial charge is 0.147 e. The van der Waals surface area contributed by atoms with Gasteiger partial charge >= 0.3 is 179 Å². The Morgan fingerprint density at radius 3 is 1.40 bits per heavy atom. The quantitative estimate of drug-likeness (QED) is 0.255. The molecule has 0 unspecified atom stereocenters. The molecule has 0 heterocycles. The van der Waals surface area contributed by atoms with Gasteiger partial charge in [0.25, 0.3) is 0 Å². The van der Waals surface area contributed by atoms with Crippen molar-refractivity contribution < 1.29 is 26.3 Å². The van der Waals surface area contributed by atoms with Crippen molar-refractivity contribution in [1.29, 1.82) is 0 Å². The zero-order valence-corrected chi connectivity index (χ0v) is 27.9. The van der Waals surface area contributed by atoms with Crippen LogP contribution in [-0.2, 0) is 26.3 Å². The Morgan fingerprint density at radius 1 is 0.767 bits per heavy atom. The maximum atomic E-state index is 6.07. The first-order chi connectivity index (χ1) is 12.6. The predicted molar refractivity (Wildman–Crippen MR) is 144 cm³/mol. The van der Waals surface area contributed by atoms with Gasteiger partial charge < -0.3 is 0 Å². The molecule has 2 nitrogen and oxygen atoms in total. The molecular formula is C22H44Cl2O2Si3Zr. The van der Waals surface area contributed by atoms with Gasteiger partial charge in [0, 0.05) is 0 Å². The molecule has 0 saturated carbocycles. The Balaban J connectivity index is 0.00000420. The number of halogens is 2. The Bertz CT molecular complexity index is 734. The number of hydrogen-bond acceptors (Lipinski definition) is 2. The molecule has 0 aromatic heterocycles. The molecule has 0 N–H and O–H groups in total. The van der Waals surface area contributed by atoms with Crippen molar-refractivity contribution >= 4 is 48.3 Å². The second-order valence-corrected chi connectivity index (χ2v) is 49.3. The fraction of sp³-hybridized carbons (Fsp3) is 0.636. The van der Waals surface area contributed by atoms with E-state index in [2.05, 4.69) is 79.7 Å². The minimum Gasteiger partial charge on any atom is -0.147 e. The summed E-state index contributed by atoms with van der Waals surface area (Å²) >= 11 is -3.00. The molecule has 0 spiro atoms. The van der Waals surface area contributed by atoms with Gasteiger partial charge in [-0.15, -0.1) is 24.8 Å². The zero-order chi connectivity index (χ0) is 21.2. The van der Waals surface area contributed by atoms with E-state index in [1.807, 2.05) is 0 Å². The summed E-state index contributed by atoms with van der Waals surface area (Å²) in [6.45, 7) is 17.7. The van der Waals surface area contributed by atoms with Gasteiger partial charge in [0.2, 0.25) is 0 Å². The SMILES string of the molecule is C[Si](C)(C)OCCC1=CC[C]([Zr]([CH3])([CH3])(=[SiH2])[C]2=CC(CCO[Si](C)(C)C)=CC2)=C1.Cl.Cl. The van der Waals surface area contributed by atoms with E-state index >= 15 is 0 Å². The van der Waals surface area contributed by atoms with Crippen molar-refractivity contribution in [1.82, 2.24) is 0 Å². The van der Waals surface area contributed by atoms with E-state index in [-0.39, 0.29) is 24.8 Å². The van der Waals surface area contributed by atoms with Crippen molar-refractivity contribution in [3.8, 4) is 0 Å². The van der Waals surface area contributed by atoms with Crippen LogP contribution in [0.5, 0.6) is 0 Å². The van der Waals surface area contributed by atoms with Crippen LogP contribution in [0.4, 0.5) is 0 Å². The van der Waals surface area contributed by atoms with E-state index in [4.69, 9.17) is 8.85 Å². The fourth-order valence-electron chi connectivity index (χ4n) is 3.79. The molecule has 0 bridgehead atoms. The van der Waals surface area contributed by atoms with Crippen LogP contribution in [0.1, 0.15) is 25.7 Å². The van der Waals surface area contributed by atoms with Crippen LogP contribution in [0.2, 0.25) is 48.5 Å². The molecule has 174 valence electrons. The molecule has 0 aromatic carbocycles. The first kappa shape index (κ1) is 31.0. The summed E-state index contributed by atoms with van der Waals surface area (Å²) in [5.74, 6) is 0. The molecule has 2 rings (SSSR count). The van der Waals surface area contributed by atoms with Crippen molar-refractivity contribution in [2.45, 2.75) is 74.2 Å². The second kappa shape index (κ2) is 11.4. The summed E-state index contributed by atoms with van der Waals surface area (Å²) in [5, 5.41) is 0. The molecule has 30 heavy (non-hydrogen) atoms. The second-order valence-electron chi connectivity index (χ2n) is 11.4. The monoisotopic (exact) mass is 584 g/mol. The minimum absolute atomic E-state index is 0.